The predicted molar refractivity (Wildman–Crippen MR) is 71.8 cm³/mol. The molecule has 2 heterocycles. The summed E-state index contributed by atoms with van der Waals surface area (Å²) in [6.07, 6.45) is 3.76. The van der Waals surface area contributed by atoms with Gasteiger partial charge in [0.25, 0.3) is 5.91 Å². The molecule has 1 aromatic heterocycles. The lowest BCUT2D eigenvalue weighted by atomic mass is 10.1. The van der Waals surface area contributed by atoms with Crippen LogP contribution in [-0.2, 0) is 0 Å². The number of nitrogens with zero attached hydrogens (tertiary/aromatic N) is 1. The van der Waals surface area contributed by atoms with E-state index >= 15 is 0 Å². The smallest absolute Gasteiger partial charge is 0.254 e. The molecule has 0 aromatic carbocycles. The number of pyridine rings is 1. The molecular weight excluding hydrogens is 256 g/mol. The summed E-state index contributed by atoms with van der Waals surface area (Å²) < 4.78 is 0. The SMILES string of the molecule is Cc1cc(Cl)c(C(=O)NC2CCCSC2)cn1. The maximum atomic E-state index is 12.0. The van der Waals surface area contributed by atoms with Gasteiger partial charge in [-0.25, -0.2) is 0 Å². The Hall–Kier alpha value is -0.740. The van der Waals surface area contributed by atoms with E-state index < -0.39 is 0 Å². The molecule has 3 nitrogen and oxygen atoms in total. The van der Waals surface area contributed by atoms with Crippen LogP contribution in [0.1, 0.15) is 28.9 Å². The van der Waals surface area contributed by atoms with Gasteiger partial charge in [-0.2, -0.15) is 11.8 Å². The number of hydrogen-bond donors (Lipinski definition) is 1. The van der Waals surface area contributed by atoms with E-state index in [4.69, 9.17) is 11.6 Å². The van der Waals surface area contributed by atoms with Gasteiger partial charge < -0.3 is 5.32 Å². The Labute approximate surface area is 110 Å². The fraction of sp³-hybridized carbons (Fsp3) is 0.500. The number of hydrogen-bond acceptors (Lipinski definition) is 3. The van der Waals surface area contributed by atoms with E-state index in [1.165, 1.54) is 5.75 Å². The van der Waals surface area contributed by atoms with E-state index in [-0.39, 0.29) is 11.9 Å². The number of carbonyl (C=O) groups excluding carboxylic acids is 1. The average Bonchev–Trinajstić information content (AvgIpc) is 2.30. The Morgan fingerprint density at radius 2 is 2.47 bits per heavy atom. The zero-order valence-corrected chi connectivity index (χ0v) is 11.3. The molecule has 0 spiro atoms. The molecule has 1 aromatic rings. The van der Waals surface area contributed by atoms with Gasteiger partial charge in [-0.1, -0.05) is 11.6 Å². The fourth-order valence-corrected chi connectivity index (χ4v) is 3.18. The van der Waals surface area contributed by atoms with Crippen LogP contribution in [-0.4, -0.2) is 28.4 Å². The maximum Gasteiger partial charge on any atom is 0.254 e. The van der Waals surface area contributed by atoms with Crippen LogP contribution in [0, 0.1) is 6.92 Å². The van der Waals surface area contributed by atoms with Crippen molar-refractivity contribution in [1.82, 2.24) is 10.3 Å². The first-order chi connectivity index (χ1) is 8.16. The van der Waals surface area contributed by atoms with Crippen LogP contribution >= 0.6 is 23.4 Å². The lowest BCUT2D eigenvalue weighted by molar-refractivity contribution is 0.0938. The summed E-state index contributed by atoms with van der Waals surface area (Å²) in [7, 11) is 0. The highest BCUT2D eigenvalue weighted by atomic mass is 35.5. The molecule has 92 valence electrons. The van der Waals surface area contributed by atoms with Crippen LogP contribution in [0.5, 0.6) is 0 Å². The van der Waals surface area contributed by atoms with Gasteiger partial charge in [0.15, 0.2) is 0 Å². The van der Waals surface area contributed by atoms with Crippen molar-refractivity contribution < 1.29 is 4.79 Å². The van der Waals surface area contributed by atoms with Crippen molar-refractivity contribution in [3.05, 3.63) is 28.5 Å². The van der Waals surface area contributed by atoms with Gasteiger partial charge in [0.05, 0.1) is 10.6 Å². The van der Waals surface area contributed by atoms with Gasteiger partial charge in [-0.3, -0.25) is 9.78 Å². The van der Waals surface area contributed by atoms with Crippen molar-refractivity contribution in [1.29, 1.82) is 0 Å². The van der Waals surface area contributed by atoms with E-state index in [1.807, 2.05) is 18.7 Å². The minimum atomic E-state index is -0.116. The molecule has 5 heteroatoms. The van der Waals surface area contributed by atoms with Crippen molar-refractivity contribution in [2.75, 3.05) is 11.5 Å². The normalized spacial score (nSPS) is 20.0. The molecule has 0 aliphatic carbocycles. The summed E-state index contributed by atoms with van der Waals surface area (Å²) in [6, 6.07) is 1.98. The highest BCUT2D eigenvalue weighted by molar-refractivity contribution is 7.99. The largest absolute Gasteiger partial charge is 0.348 e. The fourth-order valence-electron chi connectivity index (χ4n) is 1.81. The standard InChI is InChI=1S/C12H15ClN2OS/c1-8-5-11(13)10(6-14-8)12(16)15-9-3-2-4-17-7-9/h5-6,9H,2-4,7H2,1H3,(H,15,16). The molecular formula is C12H15ClN2OS. The lowest BCUT2D eigenvalue weighted by Crippen LogP contribution is -2.38. The van der Waals surface area contributed by atoms with E-state index in [0.29, 0.717) is 10.6 Å². The van der Waals surface area contributed by atoms with Crippen molar-refractivity contribution in [3.63, 3.8) is 0 Å². The predicted octanol–water partition coefficient (Wildman–Crippen LogP) is 2.67. The first kappa shape index (κ1) is 12.7. The van der Waals surface area contributed by atoms with Crippen molar-refractivity contribution in [3.8, 4) is 0 Å². The minimum Gasteiger partial charge on any atom is -0.348 e. The highest BCUT2D eigenvalue weighted by Crippen LogP contribution is 2.19. The molecule has 1 N–H and O–H groups in total. The number of thioether (sulfide) groups is 1. The number of carbonyl (C=O) groups is 1. The molecule has 2 rings (SSSR count). The zero-order chi connectivity index (χ0) is 12.3. The van der Waals surface area contributed by atoms with Crippen LogP contribution in [0.15, 0.2) is 12.3 Å². The Balaban J connectivity index is 2.03. The van der Waals surface area contributed by atoms with Crippen LogP contribution in [0.2, 0.25) is 5.02 Å². The number of halogens is 1. The number of nitrogens with one attached hydrogen (secondary N) is 1. The first-order valence-electron chi connectivity index (χ1n) is 5.67. The average molecular weight is 271 g/mol. The van der Waals surface area contributed by atoms with Crippen LogP contribution in [0.3, 0.4) is 0 Å². The Morgan fingerprint density at radius 1 is 1.65 bits per heavy atom. The van der Waals surface area contributed by atoms with Crippen molar-refractivity contribution >= 4 is 29.3 Å². The van der Waals surface area contributed by atoms with Gasteiger partial charge >= 0.3 is 0 Å². The molecule has 1 atom stereocenters. The number of amides is 1. The molecule has 0 radical (unpaired) electrons. The second kappa shape index (κ2) is 5.74. The Morgan fingerprint density at radius 3 is 3.12 bits per heavy atom. The monoisotopic (exact) mass is 270 g/mol. The molecule has 0 bridgehead atoms. The molecule has 1 saturated heterocycles. The summed E-state index contributed by atoms with van der Waals surface area (Å²) >= 11 is 7.92. The molecule has 1 aliphatic heterocycles. The van der Waals surface area contributed by atoms with E-state index in [1.54, 1.807) is 12.3 Å². The third kappa shape index (κ3) is 3.36. The van der Waals surface area contributed by atoms with Crippen molar-refractivity contribution in [2.45, 2.75) is 25.8 Å². The summed E-state index contributed by atoms with van der Waals surface area (Å²) in [5.74, 6) is 2.07. The summed E-state index contributed by atoms with van der Waals surface area (Å²) in [6.45, 7) is 1.85. The second-order valence-corrected chi connectivity index (χ2v) is 5.75. The molecule has 1 aliphatic rings. The number of aryl methyl sites for hydroxylation is 1. The van der Waals surface area contributed by atoms with E-state index in [9.17, 15) is 4.79 Å². The lowest BCUT2D eigenvalue weighted by Gasteiger charge is -2.22. The third-order valence-electron chi connectivity index (χ3n) is 2.73. The van der Waals surface area contributed by atoms with E-state index in [2.05, 4.69) is 10.3 Å². The topological polar surface area (TPSA) is 42.0 Å². The maximum absolute atomic E-state index is 12.0. The highest BCUT2D eigenvalue weighted by Gasteiger charge is 2.18. The molecule has 0 saturated carbocycles. The molecule has 1 amide bonds. The van der Waals surface area contributed by atoms with Crippen LogP contribution < -0.4 is 5.32 Å². The van der Waals surface area contributed by atoms with Gasteiger partial charge in [0.2, 0.25) is 0 Å². The Kier molecular flexibility index (Phi) is 4.29. The number of aromatic nitrogens is 1. The van der Waals surface area contributed by atoms with Crippen LogP contribution in [0.25, 0.3) is 0 Å². The second-order valence-electron chi connectivity index (χ2n) is 4.19. The summed E-state index contributed by atoms with van der Waals surface area (Å²) in [5.41, 5.74) is 1.28. The first-order valence-corrected chi connectivity index (χ1v) is 7.21. The summed E-state index contributed by atoms with van der Waals surface area (Å²) in [4.78, 5) is 16.1. The molecule has 1 unspecified atom stereocenters. The Bertz CT molecular complexity index is 419. The minimum absolute atomic E-state index is 0.116. The molecule has 17 heavy (non-hydrogen) atoms. The van der Waals surface area contributed by atoms with Crippen LogP contribution in [0.4, 0.5) is 0 Å². The summed E-state index contributed by atoms with van der Waals surface area (Å²) in [5, 5.41) is 3.48. The molecule has 1 fully saturated rings. The third-order valence-corrected chi connectivity index (χ3v) is 4.26. The van der Waals surface area contributed by atoms with Crippen molar-refractivity contribution in [2.24, 2.45) is 0 Å². The zero-order valence-electron chi connectivity index (χ0n) is 9.70. The quantitative estimate of drug-likeness (QED) is 0.898. The van der Waals surface area contributed by atoms with Gasteiger partial charge in [-0.05, 0) is 31.6 Å². The number of rotatable bonds is 2. The van der Waals surface area contributed by atoms with Gasteiger partial charge in [0.1, 0.15) is 0 Å². The van der Waals surface area contributed by atoms with Gasteiger partial charge in [-0.15, -0.1) is 0 Å². The van der Waals surface area contributed by atoms with E-state index in [0.717, 1.165) is 24.3 Å². The van der Waals surface area contributed by atoms with Gasteiger partial charge in [0, 0.05) is 23.7 Å².